The summed E-state index contributed by atoms with van der Waals surface area (Å²) in [6, 6.07) is 26.3. The van der Waals surface area contributed by atoms with Gasteiger partial charge in [0.15, 0.2) is 9.84 Å². The summed E-state index contributed by atoms with van der Waals surface area (Å²) in [6.45, 7) is 6.36. The Bertz CT molecular complexity index is 2100. The lowest BCUT2D eigenvalue weighted by molar-refractivity contribution is 0.396. The van der Waals surface area contributed by atoms with Gasteiger partial charge in [0.2, 0.25) is 15.8 Å². The Morgan fingerprint density at radius 1 is 0.686 bits per heavy atom. The Labute approximate surface area is 301 Å². The first-order valence-electron chi connectivity index (χ1n) is 16.3. The van der Waals surface area contributed by atoms with Gasteiger partial charge in [-0.15, -0.1) is 10.2 Å². The first-order valence-corrected chi connectivity index (χ1v) is 23.1. The maximum absolute atomic E-state index is 15.1. The Balaban J connectivity index is 1.65. The highest BCUT2D eigenvalue weighted by Gasteiger charge is 2.36. The fourth-order valence-electron chi connectivity index (χ4n) is 5.29. The number of sulfonamides is 1. The van der Waals surface area contributed by atoms with Crippen LogP contribution in [-0.2, 0) is 39.5 Å². The number of methoxy groups -OCH3 is 3. The molecule has 0 aliphatic rings. The summed E-state index contributed by atoms with van der Waals surface area (Å²) in [5.41, 5.74) is 2.26. The summed E-state index contributed by atoms with van der Waals surface area (Å²) >= 11 is 0. The SMILES string of the molecule is COc1ccc(CN(Cc2ccc(OC)cc2)S(=O)(=O)c2c(-c3nnn(Cc4ccc(OC)cc4)n3)cccc2S(=O)(=O)CC[Si](C)(C)C)cc1. The molecule has 0 aliphatic carbocycles. The number of nitrogens with zero attached hydrogens (tertiary/aromatic N) is 5. The zero-order valence-corrected chi connectivity index (χ0v) is 32.2. The van der Waals surface area contributed by atoms with E-state index >= 15 is 8.42 Å². The van der Waals surface area contributed by atoms with Gasteiger partial charge in [0.1, 0.15) is 22.1 Å². The first kappa shape index (κ1) is 37.7. The lowest BCUT2D eigenvalue weighted by Gasteiger charge is -2.25. The summed E-state index contributed by atoms with van der Waals surface area (Å²) in [5.74, 6) is 1.73. The molecule has 51 heavy (non-hydrogen) atoms. The average molecular weight is 750 g/mol. The van der Waals surface area contributed by atoms with Crippen LogP contribution >= 0.6 is 0 Å². The molecule has 0 saturated carbocycles. The molecule has 4 aromatic carbocycles. The van der Waals surface area contributed by atoms with Crippen LogP contribution in [0.2, 0.25) is 25.7 Å². The molecule has 0 atom stereocenters. The molecule has 1 aromatic heterocycles. The Morgan fingerprint density at radius 3 is 1.65 bits per heavy atom. The predicted molar refractivity (Wildman–Crippen MR) is 198 cm³/mol. The Kier molecular flexibility index (Phi) is 11.6. The van der Waals surface area contributed by atoms with E-state index in [-0.39, 0.29) is 46.6 Å². The molecule has 0 N–H and O–H groups in total. The van der Waals surface area contributed by atoms with Crippen molar-refractivity contribution in [3.8, 4) is 28.6 Å². The molecule has 0 saturated heterocycles. The van der Waals surface area contributed by atoms with E-state index in [2.05, 4.69) is 35.1 Å². The number of ether oxygens (including phenoxy) is 3. The topological polar surface area (TPSA) is 143 Å². The van der Waals surface area contributed by atoms with Gasteiger partial charge in [-0.1, -0.05) is 62.1 Å². The molecule has 0 fully saturated rings. The fraction of sp³-hybridized carbons (Fsp3) is 0.306. The highest BCUT2D eigenvalue weighted by atomic mass is 32.2. The van der Waals surface area contributed by atoms with E-state index in [0.717, 1.165) is 5.56 Å². The molecule has 12 nitrogen and oxygen atoms in total. The molecule has 0 spiro atoms. The zero-order chi connectivity index (χ0) is 36.8. The molecule has 0 bridgehead atoms. The molecule has 0 aliphatic heterocycles. The van der Waals surface area contributed by atoms with E-state index in [1.54, 1.807) is 69.9 Å². The number of benzene rings is 4. The first-order chi connectivity index (χ1) is 24.2. The predicted octanol–water partition coefficient (Wildman–Crippen LogP) is 5.92. The van der Waals surface area contributed by atoms with Crippen LogP contribution in [0.4, 0.5) is 0 Å². The minimum absolute atomic E-state index is 0.0156. The van der Waals surface area contributed by atoms with Crippen molar-refractivity contribution in [3.63, 3.8) is 0 Å². The van der Waals surface area contributed by atoms with Crippen LogP contribution in [-0.4, -0.2) is 76.5 Å². The lowest BCUT2D eigenvalue weighted by Crippen LogP contribution is -2.32. The summed E-state index contributed by atoms with van der Waals surface area (Å²) in [6.07, 6.45) is 0. The third kappa shape index (κ3) is 9.41. The van der Waals surface area contributed by atoms with Crippen molar-refractivity contribution < 1.29 is 31.0 Å². The molecule has 5 aromatic rings. The molecular weight excluding hydrogens is 707 g/mol. The van der Waals surface area contributed by atoms with E-state index in [9.17, 15) is 8.42 Å². The van der Waals surface area contributed by atoms with E-state index in [4.69, 9.17) is 14.2 Å². The molecule has 1 heterocycles. The van der Waals surface area contributed by atoms with Crippen molar-refractivity contribution in [3.05, 3.63) is 108 Å². The monoisotopic (exact) mass is 749 g/mol. The molecular formula is C36H43N5O7S2Si. The van der Waals surface area contributed by atoms with Gasteiger partial charge < -0.3 is 14.2 Å². The lowest BCUT2D eigenvalue weighted by atomic mass is 10.2. The number of tetrazole rings is 1. The van der Waals surface area contributed by atoms with Gasteiger partial charge in [-0.05, 0) is 76.5 Å². The van der Waals surface area contributed by atoms with Crippen molar-refractivity contribution >= 4 is 27.9 Å². The molecule has 15 heteroatoms. The Morgan fingerprint density at radius 2 is 1.18 bits per heavy atom. The average Bonchev–Trinajstić information content (AvgIpc) is 3.59. The van der Waals surface area contributed by atoms with E-state index in [1.165, 1.54) is 27.3 Å². The Hall–Kier alpha value is -4.57. The second-order valence-corrected chi connectivity index (χ2v) is 22.8. The van der Waals surface area contributed by atoms with Gasteiger partial charge in [-0.2, -0.15) is 9.10 Å². The second-order valence-electron chi connectivity index (χ2n) is 13.2. The van der Waals surface area contributed by atoms with Gasteiger partial charge in [-0.25, -0.2) is 16.8 Å². The van der Waals surface area contributed by atoms with Crippen molar-refractivity contribution in [1.82, 2.24) is 24.5 Å². The van der Waals surface area contributed by atoms with Crippen molar-refractivity contribution in [2.24, 2.45) is 0 Å². The van der Waals surface area contributed by atoms with Crippen LogP contribution in [0.1, 0.15) is 16.7 Å². The highest BCUT2D eigenvalue weighted by Crippen LogP contribution is 2.36. The number of rotatable bonds is 16. The molecule has 0 amide bonds. The van der Waals surface area contributed by atoms with Crippen LogP contribution in [0.3, 0.4) is 0 Å². The number of hydrogen-bond acceptors (Lipinski definition) is 10. The molecule has 0 radical (unpaired) electrons. The number of hydrogen-bond donors (Lipinski definition) is 0. The minimum Gasteiger partial charge on any atom is -0.497 e. The maximum atomic E-state index is 15.1. The molecule has 5 rings (SSSR count). The fourth-order valence-corrected chi connectivity index (χ4v) is 12.1. The third-order valence-electron chi connectivity index (χ3n) is 8.25. The largest absolute Gasteiger partial charge is 0.497 e. The zero-order valence-electron chi connectivity index (χ0n) is 29.6. The number of aromatic nitrogens is 4. The van der Waals surface area contributed by atoms with Crippen LogP contribution in [0.5, 0.6) is 17.2 Å². The van der Waals surface area contributed by atoms with E-state index in [1.807, 2.05) is 24.3 Å². The van der Waals surface area contributed by atoms with Crippen molar-refractivity contribution in [2.45, 2.75) is 55.1 Å². The minimum atomic E-state index is -4.56. The maximum Gasteiger partial charge on any atom is 0.245 e. The summed E-state index contributed by atoms with van der Waals surface area (Å²) < 4.78 is 75.7. The summed E-state index contributed by atoms with van der Waals surface area (Å²) in [7, 11) is -5.78. The van der Waals surface area contributed by atoms with Gasteiger partial charge in [-0.3, -0.25) is 0 Å². The third-order valence-corrected chi connectivity index (χ3v) is 14.1. The molecule has 0 unspecified atom stereocenters. The van der Waals surface area contributed by atoms with Gasteiger partial charge in [0.25, 0.3) is 0 Å². The smallest absolute Gasteiger partial charge is 0.245 e. The number of sulfone groups is 1. The molecule has 270 valence electrons. The summed E-state index contributed by atoms with van der Waals surface area (Å²) in [4.78, 5) is 0.665. The van der Waals surface area contributed by atoms with Crippen LogP contribution in [0.15, 0.2) is 101 Å². The van der Waals surface area contributed by atoms with Crippen LogP contribution in [0, 0.1) is 0 Å². The van der Waals surface area contributed by atoms with Crippen LogP contribution < -0.4 is 14.2 Å². The highest BCUT2D eigenvalue weighted by molar-refractivity contribution is 7.93. The van der Waals surface area contributed by atoms with Crippen molar-refractivity contribution in [1.29, 1.82) is 0 Å². The van der Waals surface area contributed by atoms with Gasteiger partial charge in [0.05, 0.1) is 38.5 Å². The van der Waals surface area contributed by atoms with Crippen molar-refractivity contribution in [2.75, 3.05) is 27.1 Å². The van der Waals surface area contributed by atoms with Gasteiger partial charge in [0, 0.05) is 26.7 Å². The normalized spacial score (nSPS) is 12.2. The van der Waals surface area contributed by atoms with E-state index in [0.29, 0.717) is 34.4 Å². The van der Waals surface area contributed by atoms with E-state index < -0.39 is 27.9 Å². The van der Waals surface area contributed by atoms with Gasteiger partial charge >= 0.3 is 0 Å². The summed E-state index contributed by atoms with van der Waals surface area (Å²) in [5, 5.41) is 12.9. The standard InChI is InChI=1S/C36H43N5O7S2Si/c1-46-30-16-10-27(11-17-30)24-40(25-28-12-18-31(47-2)19-13-28)50(44,45)35-33(8-7-9-34(35)49(42,43)22-23-51(4,5)6)36-37-39-41(38-36)26-29-14-20-32(48-3)21-15-29/h7-21H,22-26H2,1-6H3. The van der Waals surface area contributed by atoms with Crippen LogP contribution in [0.25, 0.3) is 11.4 Å². The second kappa shape index (κ2) is 15.8. The quantitative estimate of drug-likeness (QED) is 0.112.